The predicted molar refractivity (Wildman–Crippen MR) is 134 cm³/mol. The number of nitrogens with one attached hydrogen (secondary N) is 2. The summed E-state index contributed by atoms with van der Waals surface area (Å²) in [5, 5.41) is 25.8. The summed E-state index contributed by atoms with van der Waals surface area (Å²) in [4.78, 5) is 35.1. The van der Waals surface area contributed by atoms with Crippen molar-refractivity contribution in [3.05, 3.63) is 59.8 Å². The Morgan fingerprint density at radius 3 is 2.92 bits per heavy atom. The number of fused-ring (bicyclic) bond motifs is 1. The Morgan fingerprint density at radius 1 is 1.19 bits per heavy atom. The second-order valence-electron chi connectivity index (χ2n) is 8.27. The van der Waals surface area contributed by atoms with E-state index in [1.165, 1.54) is 16.7 Å². The minimum absolute atomic E-state index is 0.106. The number of carbonyl (C=O) groups is 2. The van der Waals surface area contributed by atoms with E-state index in [9.17, 15) is 14.7 Å². The minimum Gasteiger partial charge on any atom is -0.507 e. The molecular weight excluding hydrogens is 480 g/mol. The van der Waals surface area contributed by atoms with E-state index in [-0.39, 0.29) is 23.5 Å². The molecule has 10 nitrogen and oxygen atoms in total. The number of aromatic hydroxyl groups is 1. The molecule has 1 fully saturated rings. The van der Waals surface area contributed by atoms with Crippen LogP contribution in [-0.4, -0.2) is 52.0 Å². The zero-order valence-electron chi connectivity index (χ0n) is 19.1. The van der Waals surface area contributed by atoms with E-state index >= 15 is 0 Å². The molecule has 2 aromatic heterocycles. The Balaban J connectivity index is 1.16. The van der Waals surface area contributed by atoms with Crippen LogP contribution in [0.4, 0.5) is 16.4 Å². The maximum atomic E-state index is 12.4. The van der Waals surface area contributed by atoms with Gasteiger partial charge in [-0.25, -0.2) is 14.8 Å². The lowest BCUT2D eigenvalue weighted by atomic mass is 10.0. The predicted octanol–water partition coefficient (Wildman–Crippen LogP) is 3.27. The average molecular weight is 503 g/mol. The normalized spacial score (nSPS) is 16.8. The van der Waals surface area contributed by atoms with E-state index in [2.05, 4.69) is 20.6 Å². The topological polar surface area (TPSA) is 140 Å². The molecule has 5 rings (SSSR count). The Hall–Kier alpha value is -4.14. The van der Waals surface area contributed by atoms with Crippen molar-refractivity contribution >= 4 is 35.4 Å². The SMILES string of the molecule is N#Cc1cccc(-c2cccc(CNCCC3CN(c4ccc5c(n4)NC(=O)CS5)C(=O)O3)c2O)n1. The number of thioether (sulfide) groups is 1. The van der Waals surface area contributed by atoms with E-state index in [1.54, 1.807) is 30.3 Å². The monoisotopic (exact) mass is 502 g/mol. The summed E-state index contributed by atoms with van der Waals surface area (Å²) in [5.41, 5.74) is 2.06. The number of cyclic esters (lactones) is 1. The van der Waals surface area contributed by atoms with Gasteiger partial charge in [0.1, 0.15) is 35.3 Å². The van der Waals surface area contributed by atoms with Gasteiger partial charge in [-0.15, -0.1) is 11.8 Å². The highest BCUT2D eigenvalue weighted by Crippen LogP contribution is 2.33. The van der Waals surface area contributed by atoms with Crippen LogP contribution in [0.5, 0.6) is 5.75 Å². The maximum absolute atomic E-state index is 12.4. The van der Waals surface area contributed by atoms with Gasteiger partial charge in [0.2, 0.25) is 5.91 Å². The van der Waals surface area contributed by atoms with Gasteiger partial charge in [0.15, 0.2) is 0 Å². The number of anilines is 2. The van der Waals surface area contributed by atoms with Crippen LogP contribution in [0.3, 0.4) is 0 Å². The van der Waals surface area contributed by atoms with Crippen molar-refractivity contribution in [1.82, 2.24) is 15.3 Å². The number of nitriles is 1. The van der Waals surface area contributed by atoms with E-state index in [1.807, 2.05) is 24.3 Å². The van der Waals surface area contributed by atoms with E-state index in [0.29, 0.717) is 60.3 Å². The lowest BCUT2D eigenvalue weighted by Gasteiger charge is -2.18. The number of rotatable bonds is 7. The third kappa shape index (κ3) is 4.95. The highest BCUT2D eigenvalue weighted by Gasteiger charge is 2.33. The molecule has 4 heterocycles. The Kier molecular flexibility index (Phi) is 6.71. The molecule has 2 aliphatic heterocycles. The largest absolute Gasteiger partial charge is 0.507 e. The number of amides is 2. The molecule has 11 heteroatoms. The minimum atomic E-state index is -0.473. The van der Waals surface area contributed by atoms with Crippen molar-refractivity contribution in [2.75, 3.05) is 29.1 Å². The van der Waals surface area contributed by atoms with Crippen LogP contribution >= 0.6 is 11.8 Å². The van der Waals surface area contributed by atoms with Crippen LogP contribution in [0.25, 0.3) is 11.3 Å². The number of carbonyl (C=O) groups excluding carboxylic acids is 2. The van der Waals surface area contributed by atoms with Gasteiger partial charge in [-0.05, 0) is 43.3 Å². The van der Waals surface area contributed by atoms with Gasteiger partial charge >= 0.3 is 6.09 Å². The molecule has 0 spiro atoms. The standard InChI is InChI=1S/C25H22N6O4S/c26-11-16-4-2-6-19(28-16)18-5-1-3-15(23(18)33)12-27-10-9-17-13-31(25(34)35-17)21-8-7-20-24(29-21)30-22(32)14-36-20/h1-8,17,27,33H,9-10,12-14H2,(H,29,30,32). The van der Waals surface area contributed by atoms with Crippen LogP contribution in [-0.2, 0) is 16.1 Å². The summed E-state index contributed by atoms with van der Waals surface area (Å²) in [5.74, 6) is 1.24. The first-order chi connectivity index (χ1) is 17.5. The lowest BCUT2D eigenvalue weighted by molar-refractivity contribution is -0.113. The van der Waals surface area contributed by atoms with Gasteiger partial charge in [0.05, 0.1) is 22.9 Å². The summed E-state index contributed by atoms with van der Waals surface area (Å²) in [6.45, 7) is 1.32. The zero-order valence-corrected chi connectivity index (χ0v) is 19.9. The second kappa shape index (κ2) is 10.2. The van der Waals surface area contributed by atoms with Gasteiger partial charge in [0.25, 0.3) is 0 Å². The first-order valence-corrected chi connectivity index (χ1v) is 12.3. The van der Waals surface area contributed by atoms with Crippen LogP contribution < -0.4 is 15.5 Å². The zero-order chi connectivity index (χ0) is 25.1. The van der Waals surface area contributed by atoms with E-state index in [4.69, 9.17) is 10.00 Å². The number of hydrogen-bond donors (Lipinski definition) is 3. The molecule has 36 heavy (non-hydrogen) atoms. The molecule has 0 bridgehead atoms. The quantitative estimate of drug-likeness (QED) is 0.415. The molecular formula is C25H22N6O4S. The number of phenols is 1. The fourth-order valence-corrected chi connectivity index (χ4v) is 4.79. The third-order valence-electron chi connectivity index (χ3n) is 5.83. The lowest BCUT2D eigenvalue weighted by Crippen LogP contribution is -2.28. The summed E-state index contributed by atoms with van der Waals surface area (Å²) in [6.07, 6.45) is -0.212. The van der Waals surface area contributed by atoms with Crippen LogP contribution in [0.15, 0.2) is 53.4 Å². The number of phenolic OH excluding ortho intramolecular Hbond substituents is 1. The Labute approximate surface area is 211 Å². The summed E-state index contributed by atoms with van der Waals surface area (Å²) in [7, 11) is 0. The molecule has 0 aliphatic carbocycles. The number of nitrogens with zero attached hydrogens (tertiary/aromatic N) is 4. The fourth-order valence-electron chi connectivity index (χ4n) is 4.04. The Morgan fingerprint density at radius 2 is 2.06 bits per heavy atom. The molecule has 1 aromatic carbocycles. The highest BCUT2D eigenvalue weighted by atomic mass is 32.2. The first kappa shape index (κ1) is 23.6. The van der Waals surface area contributed by atoms with Crippen molar-refractivity contribution in [3.63, 3.8) is 0 Å². The van der Waals surface area contributed by atoms with Crippen molar-refractivity contribution in [2.45, 2.75) is 24.0 Å². The molecule has 1 saturated heterocycles. The molecule has 2 aliphatic rings. The third-order valence-corrected chi connectivity index (χ3v) is 6.88. The van der Waals surface area contributed by atoms with Crippen molar-refractivity contribution in [1.29, 1.82) is 5.26 Å². The number of para-hydroxylation sites is 1. The van der Waals surface area contributed by atoms with Crippen molar-refractivity contribution in [3.8, 4) is 23.1 Å². The number of aromatic nitrogens is 2. The first-order valence-electron chi connectivity index (χ1n) is 11.3. The average Bonchev–Trinajstić information content (AvgIpc) is 3.27. The number of pyridine rings is 2. The molecule has 182 valence electrons. The summed E-state index contributed by atoms with van der Waals surface area (Å²) in [6, 6.07) is 16.1. The second-order valence-corrected chi connectivity index (χ2v) is 9.29. The van der Waals surface area contributed by atoms with Crippen LogP contribution in [0.1, 0.15) is 17.7 Å². The number of ether oxygens (including phenoxy) is 1. The fraction of sp³-hybridized carbons (Fsp3) is 0.240. The maximum Gasteiger partial charge on any atom is 0.415 e. The molecule has 0 saturated carbocycles. The van der Waals surface area contributed by atoms with Gasteiger partial charge in [0, 0.05) is 17.7 Å². The summed E-state index contributed by atoms with van der Waals surface area (Å²) >= 11 is 1.41. The van der Waals surface area contributed by atoms with Gasteiger partial charge in [-0.3, -0.25) is 9.69 Å². The van der Waals surface area contributed by atoms with Crippen LogP contribution in [0, 0.1) is 11.3 Å². The Bertz CT molecular complexity index is 1370. The number of hydrogen-bond acceptors (Lipinski definition) is 9. The van der Waals surface area contributed by atoms with Gasteiger partial charge in [-0.2, -0.15) is 5.26 Å². The molecule has 2 amide bonds. The smallest absolute Gasteiger partial charge is 0.415 e. The molecule has 1 atom stereocenters. The van der Waals surface area contributed by atoms with E-state index < -0.39 is 6.09 Å². The molecule has 3 aromatic rings. The van der Waals surface area contributed by atoms with Gasteiger partial charge in [-0.1, -0.05) is 18.2 Å². The van der Waals surface area contributed by atoms with E-state index in [0.717, 1.165) is 4.90 Å². The molecule has 0 radical (unpaired) electrons. The summed E-state index contributed by atoms with van der Waals surface area (Å²) < 4.78 is 5.50. The van der Waals surface area contributed by atoms with Crippen molar-refractivity contribution in [2.24, 2.45) is 0 Å². The van der Waals surface area contributed by atoms with Crippen LogP contribution in [0.2, 0.25) is 0 Å². The van der Waals surface area contributed by atoms with Gasteiger partial charge < -0.3 is 20.5 Å². The molecule has 3 N–H and O–H groups in total. The number of benzene rings is 1. The molecule has 1 unspecified atom stereocenters. The highest BCUT2D eigenvalue weighted by molar-refractivity contribution is 8.00. The van der Waals surface area contributed by atoms with Crippen molar-refractivity contribution < 1.29 is 19.4 Å².